The smallest absolute Gasteiger partial charge is 0.316 e. The van der Waals surface area contributed by atoms with Crippen molar-refractivity contribution in [3.05, 3.63) is 80.1 Å². The number of nitrogens with zero attached hydrogens (tertiary/aromatic N) is 1. The molecule has 0 saturated heterocycles. The fraction of sp³-hybridized carbons (Fsp3) is 0.167. The van der Waals surface area contributed by atoms with Crippen LogP contribution in [0.25, 0.3) is 11.0 Å². The Kier molecular flexibility index (Phi) is 4.47. The SMILES string of the molecule is Cc1ccc(C(=O)NCCn2c(=O)c(=O)[nH]c3cc(F)ccc32)cc1. The summed E-state index contributed by atoms with van der Waals surface area (Å²) in [6.07, 6.45) is 0. The molecule has 0 saturated carbocycles. The van der Waals surface area contributed by atoms with E-state index in [1.54, 1.807) is 12.1 Å². The minimum Gasteiger partial charge on any atom is -0.350 e. The third kappa shape index (κ3) is 3.50. The molecule has 128 valence electrons. The lowest BCUT2D eigenvalue weighted by molar-refractivity contribution is 0.0952. The van der Waals surface area contributed by atoms with Crippen LogP contribution in [0.4, 0.5) is 4.39 Å². The van der Waals surface area contributed by atoms with E-state index in [0.717, 1.165) is 11.6 Å². The minimum atomic E-state index is -0.831. The number of fused-ring (bicyclic) bond motifs is 1. The van der Waals surface area contributed by atoms with E-state index in [-0.39, 0.29) is 24.5 Å². The second-order valence-corrected chi connectivity index (χ2v) is 5.69. The van der Waals surface area contributed by atoms with Crippen LogP contribution < -0.4 is 16.4 Å². The van der Waals surface area contributed by atoms with E-state index in [2.05, 4.69) is 10.3 Å². The molecule has 0 bridgehead atoms. The van der Waals surface area contributed by atoms with Crippen LogP contribution in [-0.4, -0.2) is 22.0 Å². The molecule has 3 rings (SSSR count). The summed E-state index contributed by atoms with van der Waals surface area (Å²) in [5.74, 6) is -0.783. The second kappa shape index (κ2) is 6.72. The van der Waals surface area contributed by atoms with Gasteiger partial charge in [0.1, 0.15) is 5.82 Å². The van der Waals surface area contributed by atoms with Crippen molar-refractivity contribution in [2.24, 2.45) is 0 Å². The maximum atomic E-state index is 13.3. The van der Waals surface area contributed by atoms with Crippen molar-refractivity contribution in [1.82, 2.24) is 14.9 Å². The van der Waals surface area contributed by atoms with Gasteiger partial charge in [0.25, 0.3) is 5.91 Å². The zero-order chi connectivity index (χ0) is 18.0. The van der Waals surface area contributed by atoms with E-state index < -0.39 is 16.9 Å². The molecule has 6 nitrogen and oxygen atoms in total. The molecule has 1 heterocycles. The lowest BCUT2D eigenvalue weighted by Gasteiger charge is -2.11. The highest BCUT2D eigenvalue weighted by Gasteiger charge is 2.09. The van der Waals surface area contributed by atoms with Crippen molar-refractivity contribution >= 4 is 16.9 Å². The quantitative estimate of drug-likeness (QED) is 0.707. The standard InChI is InChI=1S/C18H16FN3O3/c1-11-2-4-12(5-3-11)16(23)20-8-9-22-15-7-6-13(19)10-14(15)21-17(24)18(22)25/h2-7,10H,8-9H2,1H3,(H,20,23)(H,21,24). The maximum absolute atomic E-state index is 13.3. The monoisotopic (exact) mass is 341 g/mol. The predicted octanol–water partition coefficient (Wildman–Crippen LogP) is 1.57. The van der Waals surface area contributed by atoms with Crippen molar-refractivity contribution in [3.63, 3.8) is 0 Å². The van der Waals surface area contributed by atoms with Crippen LogP contribution in [0, 0.1) is 12.7 Å². The van der Waals surface area contributed by atoms with Crippen molar-refractivity contribution in [1.29, 1.82) is 0 Å². The molecule has 1 aromatic heterocycles. The van der Waals surface area contributed by atoms with Gasteiger partial charge in [0, 0.05) is 18.7 Å². The van der Waals surface area contributed by atoms with Crippen LogP contribution in [0.5, 0.6) is 0 Å². The Bertz CT molecular complexity index is 1050. The van der Waals surface area contributed by atoms with E-state index in [4.69, 9.17) is 0 Å². The average Bonchev–Trinajstić information content (AvgIpc) is 2.58. The first kappa shape index (κ1) is 16.6. The van der Waals surface area contributed by atoms with Crippen LogP contribution in [0.2, 0.25) is 0 Å². The molecule has 3 aromatic rings. The third-order valence-electron chi connectivity index (χ3n) is 3.87. The number of nitrogens with one attached hydrogen (secondary N) is 2. The highest BCUT2D eigenvalue weighted by Crippen LogP contribution is 2.10. The summed E-state index contributed by atoms with van der Waals surface area (Å²) in [5, 5.41) is 2.70. The minimum absolute atomic E-state index is 0.0997. The Morgan fingerprint density at radius 3 is 2.60 bits per heavy atom. The second-order valence-electron chi connectivity index (χ2n) is 5.69. The van der Waals surface area contributed by atoms with Gasteiger partial charge in [-0.25, -0.2) is 4.39 Å². The molecule has 0 aliphatic heterocycles. The van der Waals surface area contributed by atoms with Gasteiger partial charge >= 0.3 is 11.1 Å². The number of carbonyl (C=O) groups excluding carboxylic acids is 1. The van der Waals surface area contributed by atoms with E-state index in [1.807, 2.05) is 19.1 Å². The lowest BCUT2D eigenvalue weighted by Crippen LogP contribution is -2.39. The normalized spacial score (nSPS) is 10.8. The molecule has 0 fully saturated rings. The van der Waals surface area contributed by atoms with Crippen molar-refractivity contribution in [2.45, 2.75) is 13.5 Å². The Morgan fingerprint density at radius 1 is 1.16 bits per heavy atom. The van der Waals surface area contributed by atoms with Gasteiger partial charge in [-0.15, -0.1) is 0 Å². The Labute approximate surface area is 141 Å². The Balaban J connectivity index is 1.80. The topological polar surface area (TPSA) is 84.0 Å². The highest BCUT2D eigenvalue weighted by molar-refractivity contribution is 5.94. The molecule has 2 aromatic carbocycles. The fourth-order valence-electron chi connectivity index (χ4n) is 2.56. The molecule has 0 radical (unpaired) electrons. The van der Waals surface area contributed by atoms with Gasteiger partial charge in [-0.1, -0.05) is 17.7 Å². The zero-order valence-electron chi connectivity index (χ0n) is 13.5. The molecule has 0 spiro atoms. The molecule has 2 N–H and O–H groups in total. The summed E-state index contributed by atoms with van der Waals surface area (Å²) in [6.45, 7) is 2.18. The van der Waals surface area contributed by atoms with Gasteiger partial charge in [0.05, 0.1) is 11.0 Å². The summed E-state index contributed by atoms with van der Waals surface area (Å²) in [6, 6.07) is 10.9. The number of hydrogen-bond donors (Lipinski definition) is 2. The van der Waals surface area contributed by atoms with E-state index >= 15 is 0 Å². The first-order valence-corrected chi connectivity index (χ1v) is 7.73. The number of carbonyl (C=O) groups is 1. The number of aryl methyl sites for hydroxylation is 1. The molecular formula is C18H16FN3O3. The number of hydrogen-bond acceptors (Lipinski definition) is 3. The molecule has 1 amide bonds. The summed E-state index contributed by atoms with van der Waals surface area (Å²) in [7, 11) is 0. The van der Waals surface area contributed by atoms with Gasteiger partial charge < -0.3 is 14.9 Å². The summed E-state index contributed by atoms with van der Waals surface area (Å²) in [4.78, 5) is 38.2. The third-order valence-corrected chi connectivity index (χ3v) is 3.87. The lowest BCUT2D eigenvalue weighted by atomic mass is 10.1. The number of H-pyrrole nitrogens is 1. The summed E-state index contributed by atoms with van der Waals surface area (Å²) >= 11 is 0. The number of amides is 1. The van der Waals surface area contributed by atoms with Crippen LogP contribution in [-0.2, 0) is 6.54 Å². The number of rotatable bonds is 4. The van der Waals surface area contributed by atoms with Gasteiger partial charge in [-0.05, 0) is 37.3 Å². The first-order chi connectivity index (χ1) is 12.0. The van der Waals surface area contributed by atoms with Crippen LogP contribution in [0.3, 0.4) is 0 Å². The fourth-order valence-corrected chi connectivity index (χ4v) is 2.56. The first-order valence-electron chi connectivity index (χ1n) is 7.73. The van der Waals surface area contributed by atoms with Gasteiger partial charge in [0.15, 0.2) is 0 Å². The number of benzene rings is 2. The molecule has 0 atom stereocenters. The Hall–Kier alpha value is -3.22. The average molecular weight is 341 g/mol. The summed E-state index contributed by atoms with van der Waals surface area (Å²) < 4.78 is 14.5. The molecular weight excluding hydrogens is 325 g/mol. The maximum Gasteiger partial charge on any atom is 0.316 e. The molecule has 25 heavy (non-hydrogen) atoms. The summed E-state index contributed by atoms with van der Waals surface area (Å²) in [5.41, 5.74) is 0.609. The van der Waals surface area contributed by atoms with Crippen LogP contribution in [0.15, 0.2) is 52.1 Å². The number of aromatic nitrogens is 2. The molecule has 7 heteroatoms. The van der Waals surface area contributed by atoms with Crippen molar-refractivity contribution in [2.75, 3.05) is 6.54 Å². The number of halogens is 1. The van der Waals surface area contributed by atoms with Gasteiger partial charge in [-0.2, -0.15) is 0 Å². The van der Waals surface area contributed by atoms with Crippen LogP contribution in [0.1, 0.15) is 15.9 Å². The van der Waals surface area contributed by atoms with Crippen LogP contribution >= 0.6 is 0 Å². The van der Waals surface area contributed by atoms with Gasteiger partial charge in [-0.3, -0.25) is 14.4 Å². The van der Waals surface area contributed by atoms with Crippen molar-refractivity contribution in [3.8, 4) is 0 Å². The van der Waals surface area contributed by atoms with Crippen molar-refractivity contribution < 1.29 is 9.18 Å². The molecule has 0 unspecified atom stereocenters. The zero-order valence-corrected chi connectivity index (χ0v) is 13.5. The largest absolute Gasteiger partial charge is 0.350 e. The predicted molar refractivity (Wildman–Crippen MR) is 92.3 cm³/mol. The van der Waals surface area contributed by atoms with E-state index in [0.29, 0.717) is 11.1 Å². The number of aromatic amines is 1. The highest BCUT2D eigenvalue weighted by atomic mass is 19.1. The van der Waals surface area contributed by atoms with E-state index in [1.165, 1.54) is 16.7 Å². The van der Waals surface area contributed by atoms with Gasteiger partial charge in [0.2, 0.25) is 0 Å². The Morgan fingerprint density at radius 2 is 1.88 bits per heavy atom. The van der Waals surface area contributed by atoms with E-state index in [9.17, 15) is 18.8 Å². The molecule has 0 aliphatic carbocycles. The molecule has 0 aliphatic rings.